The number of pyridine rings is 1. The number of rotatable bonds is 4. The number of ether oxygens (including phenoxy) is 1. The molecule has 2 rings (SSSR count). The molecule has 0 atom stereocenters. The highest BCUT2D eigenvalue weighted by Gasteiger charge is 2.13. The molecule has 0 N–H and O–H groups in total. The summed E-state index contributed by atoms with van der Waals surface area (Å²) < 4.78 is 5.17. The first-order valence-corrected chi connectivity index (χ1v) is 5.84. The van der Waals surface area contributed by atoms with Crippen LogP contribution in [0.2, 0.25) is 5.02 Å². The lowest BCUT2D eigenvalue weighted by Crippen LogP contribution is -2.06. The Bertz CT molecular complexity index is 569. The van der Waals surface area contributed by atoms with E-state index in [4.69, 9.17) is 16.3 Å². The predicted molar refractivity (Wildman–Crippen MR) is 70.3 cm³/mol. The van der Waals surface area contributed by atoms with Crippen molar-refractivity contribution < 1.29 is 9.53 Å². The smallest absolute Gasteiger partial charge is 0.171 e. The summed E-state index contributed by atoms with van der Waals surface area (Å²) in [4.78, 5) is 16.1. The van der Waals surface area contributed by atoms with Crippen molar-refractivity contribution in [2.45, 2.75) is 6.42 Å². The minimum Gasteiger partial charge on any atom is -0.496 e. The zero-order chi connectivity index (χ0) is 13.0. The van der Waals surface area contributed by atoms with Gasteiger partial charge in [-0.25, -0.2) is 0 Å². The number of aromatic nitrogens is 1. The average molecular weight is 262 g/mol. The third-order valence-electron chi connectivity index (χ3n) is 2.61. The number of benzene rings is 1. The van der Waals surface area contributed by atoms with Crippen molar-refractivity contribution in [2.75, 3.05) is 7.11 Å². The number of hydrogen-bond donors (Lipinski definition) is 0. The lowest BCUT2D eigenvalue weighted by atomic mass is 10.0. The normalized spacial score (nSPS) is 10.1. The minimum absolute atomic E-state index is 0.0273. The second-order valence-electron chi connectivity index (χ2n) is 3.77. The third kappa shape index (κ3) is 2.68. The largest absolute Gasteiger partial charge is 0.496 e. The van der Waals surface area contributed by atoms with Gasteiger partial charge in [0.25, 0.3) is 0 Å². The van der Waals surface area contributed by atoms with Crippen LogP contribution in [0, 0.1) is 0 Å². The number of hydrogen-bond acceptors (Lipinski definition) is 3. The van der Waals surface area contributed by atoms with Crippen molar-refractivity contribution in [1.29, 1.82) is 0 Å². The second-order valence-corrected chi connectivity index (χ2v) is 4.17. The van der Waals surface area contributed by atoms with E-state index in [1.807, 2.05) is 12.1 Å². The molecule has 0 spiro atoms. The molecule has 0 saturated heterocycles. The van der Waals surface area contributed by atoms with Crippen molar-refractivity contribution in [2.24, 2.45) is 0 Å². The number of ketones is 1. The maximum atomic E-state index is 12.2. The molecule has 1 aromatic carbocycles. The highest BCUT2D eigenvalue weighted by molar-refractivity contribution is 6.31. The number of halogens is 1. The summed E-state index contributed by atoms with van der Waals surface area (Å²) in [7, 11) is 1.55. The van der Waals surface area contributed by atoms with Crippen molar-refractivity contribution in [3.63, 3.8) is 0 Å². The average Bonchev–Trinajstić information content (AvgIpc) is 2.41. The fourth-order valence-electron chi connectivity index (χ4n) is 1.69. The molecule has 0 radical (unpaired) electrons. The van der Waals surface area contributed by atoms with Crippen molar-refractivity contribution in [1.82, 2.24) is 4.98 Å². The maximum Gasteiger partial charge on any atom is 0.171 e. The zero-order valence-corrected chi connectivity index (χ0v) is 10.6. The Morgan fingerprint density at radius 3 is 2.83 bits per heavy atom. The van der Waals surface area contributed by atoms with E-state index in [1.54, 1.807) is 31.5 Å². The number of para-hydroxylation sites is 1. The molecule has 0 aliphatic carbocycles. The predicted octanol–water partition coefficient (Wildman–Crippen LogP) is 3.17. The Hall–Kier alpha value is -1.87. The lowest BCUT2D eigenvalue weighted by Gasteiger charge is -2.07. The van der Waals surface area contributed by atoms with Gasteiger partial charge in [0, 0.05) is 18.8 Å². The standard InChI is InChI=1S/C14H12ClNO2/c1-18-14-5-3-2-4-11(14)13(17)8-10-6-7-16-9-12(10)15/h2-7,9H,8H2,1H3. The Morgan fingerprint density at radius 1 is 1.33 bits per heavy atom. The van der Waals surface area contributed by atoms with Gasteiger partial charge >= 0.3 is 0 Å². The molecular weight excluding hydrogens is 250 g/mol. The van der Waals surface area contributed by atoms with E-state index in [9.17, 15) is 4.79 Å². The van der Waals surface area contributed by atoms with Crippen LogP contribution in [0.15, 0.2) is 42.7 Å². The maximum absolute atomic E-state index is 12.2. The number of nitrogens with zero attached hydrogens (tertiary/aromatic N) is 1. The highest BCUT2D eigenvalue weighted by atomic mass is 35.5. The Morgan fingerprint density at radius 2 is 2.11 bits per heavy atom. The summed E-state index contributed by atoms with van der Waals surface area (Å²) in [5.41, 5.74) is 1.33. The van der Waals surface area contributed by atoms with Gasteiger partial charge in [0.05, 0.1) is 17.7 Å². The first-order valence-electron chi connectivity index (χ1n) is 5.47. The monoisotopic (exact) mass is 261 g/mol. The van der Waals surface area contributed by atoms with E-state index in [-0.39, 0.29) is 12.2 Å². The number of Topliss-reactive ketones (excluding diaryl/α,β-unsaturated/α-hetero) is 1. The van der Waals surface area contributed by atoms with Gasteiger partial charge in [-0.15, -0.1) is 0 Å². The van der Waals surface area contributed by atoms with E-state index in [0.29, 0.717) is 16.3 Å². The first-order chi connectivity index (χ1) is 8.72. The summed E-state index contributed by atoms with van der Waals surface area (Å²) in [6.07, 6.45) is 3.39. The Kier molecular flexibility index (Phi) is 3.95. The fraction of sp³-hybridized carbons (Fsp3) is 0.143. The molecule has 1 heterocycles. The summed E-state index contributed by atoms with van der Waals surface area (Å²) in [5, 5.41) is 0.501. The molecule has 18 heavy (non-hydrogen) atoms. The van der Waals surface area contributed by atoms with Gasteiger partial charge in [-0.3, -0.25) is 9.78 Å². The summed E-state index contributed by atoms with van der Waals surface area (Å²) in [6, 6.07) is 8.90. The van der Waals surface area contributed by atoms with Crippen LogP contribution < -0.4 is 4.74 Å². The molecule has 0 aliphatic rings. The van der Waals surface area contributed by atoms with E-state index in [2.05, 4.69) is 4.98 Å². The Balaban J connectivity index is 2.25. The molecule has 0 amide bonds. The number of carbonyl (C=O) groups is 1. The number of methoxy groups -OCH3 is 1. The molecule has 0 unspecified atom stereocenters. The van der Waals surface area contributed by atoms with Gasteiger partial charge in [0.15, 0.2) is 5.78 Å². The first kappa shape index (κ1) is 12.6. The summed E-state index contributed by atoms with van der Waals surface area (Å²) >= 11 is 5.98. The molecule has 2 aromatic rings. The van der Waals surface area contributed by atoms with E-state index in [1.165, 1.54) is 6.20 Å². The molecule has 92 valence electrons. The number of carbonyl (C=O) groups excluding carboxylic acids is 1. The molecular formula is C14H12ClNO2. The Labute approximate surface area is 110 Å². The molecule has 0 bridgehead atoms. The van der Waals surface area contributed by atoms with Gasteiger partial charge in [-0.1, -0.05) is 23.7 Å². The van der Waals surface area contributed by atoms with Crippen molar-refractivity contribution in [3.05, 3.63) is 58.9 Å². The van der Waals surface area contributed by atoms with Crippen LogP contribution in [-0.4, -0.2) is 17.9 Å². The summed E-state index contributed by atoms with van der Waals surface area (Å²) in [6.45, 7) is 0. The van der Waals surface area contributed by atoms with Crippen molar-refractivity contribution >= 4 is 17.4 Å². The third-order valence-corrected chi connectivity index (χ3v) is 2.96. The van der Waals surface area contributed by atoms with Crippen LogP contribution in [0.1, 0.15) is 15.9 Å². The molecule has 0 aliphatic heterocycles. The van der Waals surface area contributed by atoms with Crippen LogP contribution in [0.25, 0.3) is 0 Å². The fourth-order valence-corrected chi connectivity index (χ4v) is 1.88. The van der Waals surface area contributed by atoms with Gasteiger partial charge in [-0.05, 0) is 23.8 Å². The molecule has 4 heteroatoms. The molecule has 1 aromatic heterocycles. The van der Waals surface area contributed by atoms with Crippen LogP contribution in [0.4, 0.5) is 0 Å². The molecule has 0 saturated carbocycles. The van der Waals surface area contributed by atoms with Crippen molar-refractivity contribution in [3.8, 4) is 5.75 Å². The van der Waals surface area contributed by atoms with Gasteiger partial charge in [0.1, 0.15) is 5.75 Å². The van der Waals surface area contributed by atoms with E-state index in [0.717, 1.165) is 5.56 Å². The van der Waals surface area contributed by atoms with Gasteiger partial charge < -0.3 is 4.74 Å². The van der Waals surface area contributed by atoms with Crippen LogP contribution in [0.3, 0.4) is 0 Å². The highest BCUT2D eigenvalue weighted by Crippen LogP contribution is 2.21. The quantitative estimate of drug-likeness (QED) is 0.794. The van der Waals surface area contributed by atoms with Crippen LogP contribution in [0.5, 0.6) is 5.75 Å². The molecule has 3 nitrogen and oxygen atoms in total. The molecule has 0 fully saturated rings. The topological polar surface area (TPSA) is 39.2 Å². The van der Waals surface area contributed by atoms with Gasteiger partial charge in [0.2, 0.25) is 0 Å². The van der Waals surface area contributed by atoms with Crippen LogP contribution >= 0.6 is 11.6 Å². The van der Waals surface area contributed by atoms with Crippen LogP contribution in [-0.2, 0) is 6.42 Å². The zero-order valence-electron chi connectivity index (χ0n) is 9.89. The lowest BCUT2D eigenvalue weighted by molar-refractivity contribution is 0.0990. The summed E-state index contributed by atoms with van der Waals surface area (Å²) in [5.74, 6) is 0.549. The minimum atomic E-state index is -0.0273. The van der Waals surface area contributed by atoms with E-state index < -0.39 is 0 Å². The SMILES string of the molecule is COc1ccccc1C(=O)Cc1ccncc1Cl. The second kappa shape index (κ2) is 5.65. The van der Waals surface area contributed by atoms with Gasteiger partial charge in [-0.2, -0.15) is 0 Å². The van der Waals surface area contributed by atoms with E-state index >= 15 is 0 Å².